The lowest BCUT2D eigenvalue weighted by molar-refractivity contribution is 0.0693. The van der Waals surface area contributed by atoms with Crippen molar-refractivity contribution in [2.24, 2.45) is 0 Å². The summed E-state index contributed by atoms with van der Waals surface area (Å²) in [7, 11) is 2.93. The molecule has 0 radical (unpaired) electrons. The Morgan fingerprint density at radius 1 is 1.12 bits per heavy atom. The summed E-state index contributed by atoms with van der Waals surface area (Å²) in [6.07, 6.45) is 0.619. The third-order valence-electron chi connectivity index (χ3n) is 3.84. The topological polar surface area (TPSA) is 67.8 Å². The minimum absolute atomic E-state index is 0.0614. The monoisotopic (exact) mass is 347 g/mol. The Morgan fingerprint density at radius 2 is 1.84 bits per heavy atom. The van der Waals surface area contributed by atoms with Gasteiger partial charge in [-0.1, -0.05) is 6.07 Å². The van der Waals surface area contributed by atoms with E-state index in [1.807, 2.05) is 13.0 Å². The summed E-state index contributed by atoms with van der Waals surface area (Å²) in [6, 6.07) is 8.07. The van der Waals surface area contributed by atoms with E-state index in [9.17, 15) is 14.3 Å². The number of hydrogen-bond donors (Lipinski definition) is 2. The van der Waals surface area contributed by atoms with E-state index in [0.717, 1.165) is 16.7 Å². The summed E-state index contributed by atoms with van der Waals surface area (Å²) < 4.78 is 23.8. The average Bonchev–Trinajstić information content (AvgIpc) is 2.57. The van der Waals surface area contributed by atoms with E-state index in [4.69, 9.17) is 9.47 Å². The van der Waals surface area contributed by atoms with E-state index in [2.05, 4.69) is 5.32 Å². The summed E-state index contributed by atoms with van der Waals surface area (Å²) in [5.41, 5.74) is 2.66. The van der Waals surface area contributed by atoms with E-state index in [-0.39, 0.29) is 11.4 Å². The first-order valence-electron chi connectivity index (χ1n) is 7.89. The molecule has 2 N–H and O–H groups in total. The lowest BCUT2D eigenvalue weighted by Crippen LogP contribution is -2.17. The Balaban J connectivity index is 2.03. The molecule has 0 heterocycles. The van der Waals surface area contributed by atoms with E-state index < -0.39 is 5.97 Å². The molecule has 0 bridgehead atoms. The van der Waals surface area contributed by atoms with Crippen LogP contribution in [0.4, 0.5) is 4.39 Å². The van der Waals surface area contributed by atoms with Crippen molar-refractivity contribution in [3.63, 3.8) is 0 Å². The molecular weight excluding hydrogens is 325 g/mol. The second kappa shape index (κ2) is 8.48. The van der Waals surface area contributed by atoms with Crippen LogP contribution < -0.4 is 14.8 Å². The van der Waals surface area contributed by atoms with Gasteiger partial charge in [0, 0.05) is 6.54 Å². The Bertz CT molecular complexity index is 741. The molecule has 0 aliphatic heterocycles. The fourth-order valence-electron chi connectivity index (χ4n) is 2.69. The molecule has 0 atom stereocenters. The number of ether oxygens (including phenoxy) is 2. The zero-order chi connectivity index (χ0) is 18.4. The lowest BCUT2D eigenvalue weighted by atomic mass is 10.1. The normalized spacial score (nSPS) is 10.6. The number of aromatic carboxylic acids is 1. The SMILES string of the molecule is COc1cc(C(=O)O)c(OC)cc1CCNCc1cc(C)cc(F)c1. The van der Waals surface area contributed by atoms with Gasteiger partial charge in [-0.2, -0.15) is 0 Å². The molecule has 0 spiro atoms. The molecule has 0 amide bonds. The van der Waals surface area contributed by atoms with Crippen LogP contribution in [0.5, 0.6) is 11.5 Å². The quantitative estimate of drug-likeness (QED) is 0.718. The van der Waals surface area contributed by atoms with Gasteiger partial charge >= 0.3 is 5.97 Å². The lowest BCUT2D eigenvalue weighted by Gasteiger charge is -2.13. The highest BCUT2D eigenvalue weighted by Gasteiger charge is 2.16. The number of carboxylic acid groups (broad SMARTS) is 1. The van der Waals surface area contributed by atoms with Gasteiger partial charge in [0.25, 0.3) is 0 Å². The van der Waals surface area contributed by atoms with E-state index in [0.29, 0.717) is 31.0 Å². The molecular formula is C19H22FNO4. The van der Waals surface area contributed by atoms with Crippen LogP contribution in [-0.4, -0.2) is 31.8 Å². The maximum Gasteiger partial charge on any atom is 0.339 e. The van der Waals surface area contributed by atoms with Crippen molar-refractivity contribution in [3.05, 3.63) is 58.4 Å². The largest absolute Gasteiger partial charge is 0.496 e. The summed E-state index contributed by atoms with van der Waals surface area (Å²) in [5, 5.41) is 12.5. The number of aryl methyl sites for hydroxylation is 1. The summed E-state index contributed by atoms with van der Waals surface area (Å²) in [5.74, 6) is -0.514. The number of carbonyl (C=O) groups is 1. The third-order valence-corrected chi connectivity index (χ3v) is 3.84. The molecule has 5 nitrogen and oxygen atoms in total. The second-order valence-corrected chi connectivity index (χ2v) is 5.73. The molecule has 0 unspecified atom stereocenters. The molecule has 25 heavy (non-hydrogen) atoms. The van der Waals surface area contributed by atoms with E-state index in [1.54, 1.807) is 6.07 Å². The van der Waals surface area contributed by atoms with Crippen LogP contribution in [-0.2, 0) is 13.0 Å². The van der Waals surface area contributed by atoms with Crippen molar-refractivity contribution in [1.29, 1.82) is 0 Å². The molecule has 0 aliphatic carbocycles. The zero-order valence-electron chi connectivity index (χ0n) is 14.6. The molecule has 0 aromatic heterocycles. The molecule has 0 saturated heterocycles. The van der Waals surface area contributed by atoms with Gasteiger partial charge in [0.05, 0.1) is 14.2 Å². The fourth-order valence-corrected chi connectivity index (χ4v) is 2.69. The van der Waals surface area contributed by atoms with Crippen LogP contribution in [0.3, 0.4) is 0 Å². The molecule has 134 valence electrons. The number of hydrogen-bond acceptors (Lipinski definition) is 4. The van der Waals surface area contributed by atoms with Gasteiger partial charge in [-0.25, -0.2) is 9.18 Å². The minimum atomic E-state index is -1.07. The van der Waals surface area contributed by atoms with E-state index in [1.165, 1.54) is 32.4 Å². The van der Waals surface area contributed by atoms with Crippen LogP contribution >= 0.6 is 0 Å². The number of benzene rings is 2. The molecule has 0 saturated carbocycles. The van der Waals surface area contributed by atoms with Crippen molar-refractivity contribution in [2.75, 3.05) is 20.8 Å². The third kappa shape index (κ3) is 4.93. The molecule has 2 aromatic rings. The van der Waals surface area contributed by atoms with Gasteiger partial charge in [-0.05, 0) is 60.8 Å². The second-order valence-electron chi connectivity index (χ2n) is 5.73. The molecule has 6 heteroatoms. The Morgan fingerprint density at radius 3 is 2.44 bits per heavy atom. The van der Waals surface area contributed by atoms with Crippen LogP contribution in [0.25, 0.3) is 0 Å². The van der Waals surface area contributed by atoms with Crippen molar-refractivity contribution in [2.45, 2.75) is 19.9 Å². The highest BCUT2D eigenvalue weighted by atomic mass is 19.1. The van der Waals surface area contributed by atoms with Crippen LogP contribution in [0.15, 0.2) is 30.3 Å². The molecule has 0 fully saturated rings. The molecule has 0 aliphatic rings. The van der Waals surface area contributed by atoms with Crippen molar-refractivity contribution < 1.29 is 23.8 Å². The number of rotatable bonds is 8. The summed E-state index contributed by atoms with van der Waals surface area (Å²) in [4.78, 5) is 11.3. The van der Waals surface area contributed by atoms with Gasteiger partial charge in [0.1, 0.15) is 22.9 Å². The first-order valence-corrected chi connectivity index (χ1v) is 7.89. The Labute approximate surface area is 146 Å². The maximum atomic E-state index is 13.4. The summed E-state index contributed by atoms with van der Waals surface area (Å²) >= 11 is 0. The van der Waals surface area contributed by atoms with Crippen molar-refractivity contribution >= 4 is 5.97 Å². The Hall–Kier alpha value is -2.60. The fraction of sp³-hybridized carbons (Fsp3) is 0.316. The number of methoxy groups -OCH3 is 2. The smallest absolute Gasteiger partial charge is 0.339 e. The predicted molar refractivity (Wildman–Crippen MR) is 93.1 cm³/mol. The maximum absolute atomic E-state index is 13.4. The van der Waals surface area contributed by atoms with Gasteiger partial charge in [0.2, 0.25) is 0 Å². The number of halogens is 1. The van der Waals surface area contributed by atoms with Crippen LogP contribution in [0.1, 0.15) is 27.0 Å². The standard InChI is InChI=1S/C19H22FNO4/c1-12-6-13(8-15(20)7-12)11-21-5-4-14-9-18(25-3)16(19(22)23)10-17(14)24-2/h6-10,21H,4-5,11H2,1-3H3,(H,22,23). The van der Waals surface area contributed by atoms with Gasteiger partial charge in [-0.3, -0.25) is 0 Å². The van der Waals surface area contributed by atoms with Crippen LogP contribution in [0, 0.1) is 12.7 Å². The predicted octanol–water partition coefficient (Wildman–Crippen LogP) is 3.18. The van der Waals surface area contributed by atoms with E-state index >= 15 is 0 Å². The molecule has 2 rings (SSSR count). The highest BCUT2D eigenvalue weighted by Crippen LogP contribution is 2.29. The zero-order valence-corrected chi connectivity index (χ0v) is 14.6. The first kappa shape index (κ1) is 18.7. The molecule has 2 aromatic carbocycles. The first-order chi connectivity index (χ1) is 11.9. The number of nitrogens with one attached hydrogen (secondary N) is 1. The van der Waals surface area contributed by atoms with Gasteiger partial charge in [-0.15, -0.1) is 0 Å². The van der Waals surface area contributed by atoms with Crippen molar-refractivity contribution in [3.8, 4) is 11.5 Å². The minimum Gasteiger partial charge on any atom is -0.496 e. The highest BCUT2D eigenvalue weighted by molar-refractivity contribution is 5.91. The number of carboxylic acids is 1. The average molecular weight is 347 g/mol. The van der Waals surface area contributed by atoms with Crippen molar-refractivity contribution in [1.82, 2.24) is 5.32 Å². The summed E-state index contributed by atoms with van der Waals surface area (Å²) in [6.45, 7) is 3.03. The van der Waals surface area contributed by atoms with Gasteiger partial charge < -0.3 is 19.9 Å². The van der Waals surface area contributed by atoms with Crippen LogP contribution in [0.2, 0.25) is 0 Å². The van der Waals surface area contributed by atoms with Gasteiger partial charge in [0.15, 0.2) is 0 Å². The Kier molecular flexibility index (Phi) is 6.36.